The maximum Gasteiger partial charge on any atom is 0.280 e. The van der Waals surface area contributed by atoms with Crippen molar-refractivity contribution in [3.63, 3.8) is 0 Å². The first-order valence-corrected chi connectivity index (χ1v) is 7.09. The lowest BCUT2D eigenvalue weighted by Crippen LogP contribution is -2.46. The van der Waals surface area contributed by atoms with Crippen LogP contribution in [0.2, 0.25) is 5.02 Å². The minimum atomic E-state index is -0.545. The largest absolute Gasteiger partial charge is 0.280 e. The van der Waals surface area contributed by atoms with Crippen molar-refractivity contribution < 1.29 is 9.59 Å². The van der Waals surface area contributed by atoms with Crippen molar-refractivity contribution in [3.05, 3.63) is 59.3 Å². The van der Waals surface area contributed by atoms with Crippen LogP contribution in [0.3, 0.4) is 0 Å². The number of carbonyl (C=O) groups excluding carboxylic acids is 2. The summed E-state index contributed by atoms with van der Waals surface area (Å²) in [5.41, 5.74) is 0.370. The molecule has 2 aliphatic rings. The lowest BCUT2D eigenvalue weighted by Gasteiger charge is -2.27. The second-order valence-corrected chi connectivity index (χ2v) is 5.23. The number of hydrogen-bond acceptors (Lipinski definition) is 3. The molecule has 0 N–H and O–H groups in total. The predicted molar refractivity (Wildman–Crippen MR) is 85.2 cm³/mol. The SMILES string of the molecule is CC1N=C2C=CC=CN2C(=O)C1=NC(=O)c1ccccc1Cl. The molecule has 22 heavy (non-hydrogen) atoms. The average molecular weight is 314 g/mol. The van der Waals surface area contributed by atoms with Crippen LogP contribution in [0.5, 0.6) is 0 Å². The van der Waals surface area contributed by atoms with Crippen LogP contribution in [0.4, 0.5) is 0 Å². The molecule has 5 nitrogen and oxygen atoms in total. The Morgan fingerprint density at radius 2 is 2.09 bits per heavy atom. The summed E-state index contributed by atoms with van der Waals surface area (Å²) in [7, 11) is 0. The van der Waals surface area contributed by atoms with Crippen molar-refractivity contribution in [2.45, 2.75) is 13.0 Å². The quantitative estimate of drug-likeness (QED) is 0.800. The minimum absolute atomic E-state index is 0.105. The van der Waals surface area contributed by atoms with Crippen LogP contribution in [0.1, 0.15) is 17.3 Å². The van der Waals surface area contributed by atoms with Gasteiger partial charge in [-0.2, -0.15) is 0 Å². The monoisotopic (exact) mass is 313 g/mol. The molecule has 1 aromatic carbocycles. The topological polar surface area (TPSA) is 62.1 Å². The summed E-state index contributed by atoms with van der Waals surface area (Å²) >= 11 is 5.99. The molecule has 0 bridgehead atoms. The molecule has 0 aliphatic carbocycles. The molecule has 6 heteroatoms. The van der Waals surface area contributed by atoms with Gasteiger partial charge in [-0.15, -0.1) is 0 Å². The Hall–Kier alpha value is -2.53. The summed E-state index contributed by atoms with van der Waals surface area (Å²) < 4.78 is 0. The van der Waals surface area contributed by atoms with Gasteiger partial charge in [0.25, 0.3) is 11.8 Å². The van der Waals surface area contributed by atoms with Crippen LogP contribution in [0.15, 0.2) is 58.7 Å². The third-order valence-electron chi connectivity index (χ3n) is 3.32. The first kappa shape index (κ1) is 14.4. The fraction of sp³-hybridized carbons (Fsp3) is 0.125. The number of benzene rings is 1. The maximum atomic E-state index is 12.5. The number of allylic oxidation sites excluding steroid dienone is 2. The van der Waals surface area contributed by atoms with Crippen molar-refractivity contribution in [2.75, 3.05) is 0 Å². The fourth-order valence-corrected chi connectivity index (χ4v) is 2.43. The van der Waals surface area contributed by atoms with E-state index in [-0.39, 0.29) is 17.2 Å². The van der Waals surface area contributed by atoms with Crippen molar-refractivity contribution >= 4 is 35.0 Å². The van der Waals surface area contributed by atoms with Crippen LogP contribution in [0.25, 0.3) is 0 Å². The number of rotatable bonds is 1. The van der Waals surface area contributed by atoms with Gasteiger partial charge in [-0.05, 0) is 31.2 Å². The molecule has 0 aromatic heterocycles. The second kappa shape index (κ2) is 5.69. The number of amides is 2. The van der Waals surface area contributed by atoms with Gasteiger partial charge in [-0.3, -0.25) is 19.5 Å². The van der Waals surface area contributed by atoms with E-state index in [4.69, 9.17) is 11.6 Å². The van der Waals surface area contributed by atoms with Crippen LogP contribution in [-0.2, 0) is 4.79 Å². The molecule has 0 fully saturated rings. The number of halogens is 1. The van der Waals surface area contributed by atoms with Gasteiger partial charge in [-0.25, -0.2) is 4.99 Å². The Morgan fingerprint density at radius 1 is 1.32 bits per heavy atom. The van der Waals surface area contributed by atoms with Gasteiger partial charge in [0.05, 0.1) is 16.6 Å². The molecule has 110 valence electrons. The number of fused-ring (bicyclic) bond motifs is 1. The fourth-order valence-electron chi connectivity index (χ4n) is 2.22. The Bertz CT molecular complexity index is 777. The van der Waals surface area contributed by atoms with E-state index >= 15 is 0 Å². The zero-order chi connectivity index (χ0) is 15.7. The highest BCUT2D eigenvalue weighted by molar-refractivity contribution is 6.47. The molecule has 0 spiro atoms. The van der Waals surface area contributed by atoms with E-state index in [1.54, 1.807) is 55.6 Å². The first-order chi connectivity index (χ1) is 10.6. The molecule has 2 amide bonds. The summed E-state index contributed by atoms with van der Waals surface area (Å²) in [5, 5.41) is 0.303. The molecule has 0 saturated carbocycles. The highest BCUT2D eigenvalue weighted by atomic mass is 35.5. The van der Waals surface area contributed by atoms with E-state index in [0.717, 1.165) is 0 Å². The van der Waals surface area contributed by atoms with Crippen LogP contribution >= 0.6 is 11.6 Å². The van der Waals surface area contributed by atoms with Crippen LogP contribution < -0.4 is 0 Å². The third kappa shape index (κ3) is 2.51. The number of carbonyl (C=O) groups is 2. The average Bonchev–Trinajstić information content (AvgIpc) is 2.51. The van der Waals surface area contributed by atoms with Crippen LogP contribution in [-0.4, -0.2) is 34.3 Å². The lowest BCUT2D eigenvalue weighted by atomic mass is 10.1. The number of aliphatic imine (C=N–C) groups is 2. The van der Waals surface area contributed by atoms with E-state index in [9.17, 15) is 9.59 Å². The Morgan fingerprint density at radius 3 is 2.86 bits per heavy atom. The molecule has 2 aliphatic heterocycles. The summed E-state index contributed by atoms with van der Waals surface area (Å²) in [6.07, 6.45) is 6.86. The highest BCUT2D eigenvalue weighted by Gasteiger charge is 2.32. The van der Waals surface area contributed by atoms with Gasteiger partial charge in [0.15, 0.2) is 0 Å². The lowest BCUT2D eigenvalue weighted by molar-refractivity contribution is -0.119. The molecular formula is C16H12ClN3O2. The van der Waals surface area contributed by atoms with Gasteiger partial charge in [0.1, 0.15) is 11.5 Å². The molecule has 1 aromatic rings. The number of amidine groups is 1. The van der Waals surface area contributed by atoms with E-state index in [0.29, 0.717) is 10.9 Å². The zero-order valence-corrected chi connectivity index (χ0v) is 12.5. The highest BCUT2D eigenvalue weighted by Crippen LogP contribution is 2.18. The Labute approximate surface area is 132 Å². The summed E-state index contributed by atoms with van der Waals surface area (Å²) in [6.45, 7) is 1.73. The minimum Gasteiger partial charge on any atom is -0.267 e. The van der Waals surface area contributed by atoms with Crippen molar-refractivity contribution in [1.82, 2.24) is 4.90 Å². The molecule has 1 atom stereocenters. The van der Waals surface area contributed by atoms with Gasteiger partial charge in [0.2, 0.25) is 0 Å². The molecule has 3 rings (SSSR count). The molecule has 1 unspecified atom stereocenters. The molecular weight excluding hydrogens is 302 g/mol. The van der Waals surface area contributed by atoms with E-state index < -0.39 is 11.9 Å². The van der Waals surface area contributed by atoms with Gasteiger partial charge >= 0.3 is 0 Å². The molecule has 2 heterocycles. The van der Waals surface area contributed by atoms with Crippen molar-refractivity contribution in [1.29, 1.82) is 0 Å². The summed E-state index contributed by atoms with van der Waals surface area (Å²) in [6, 6.07) is 6.11. The van der Waals surface area contributed by atoms with E-state index in [2.05, 4.69) is 9.98 Å². The Kier molecular flexibility index (Phi) is 3.73. The van der Waals surface area contributed by atoms with Gasteiger partial charge < -0.3 is 0 Å². The second-order valence-electron chi connectivity index (χ2n) is 4.82. The first-order valence-electron chi connectivity index (χ1n) is 6.71. The number of nitrogens with zero attached hydrogens (tertiary/aromatic N) is 3. The van der Waals surface area contributed by atoms with E-state index in [1.807, 2.05) is 0 Å². The normalized spacial score (nSPS) is 21.8. The van der Waals surface area contributed by atoms with Crippen LogP contribution in [0, 0.1) is 0 Å². The van der Waals surface area contributed by atoms with Gasteiger partial charge in [0, 0.05) is 6.20 Å². The third-order valence-corrected chi connectivity index (χ3v) is 3.65. The summed E-state index contributed by atoms with van der Waals surface area (Å²) in [4.78, 5) is 34.4. The maximum absolute atomic E-state index is 12.5. The zero-order valence-electron chi connectivity index (χ0n) is 11.7. The molecule has 0 radical (unpaired) electrons. The van der Waals surface area contributed by atoms with E-state index in [1.165, 1.54) is 4.90 Å². The van der Waals surface area contributed by atoms with Crippen molar-refractivity contribution in [3.8, 4) is 0 Å². The van der Waals surface area contributed by atoms with Gasteiger partial charge in [-0.1, -0.05) is 29.8 Å². The Balaban J connectivity index is 1.98. The smallest absolute Gasteiger partial charge is 0.267 e. The van der Waals surface area contributed by atoms with Crippen molar-refractivity contribution in [2.24, 2.45) is 9.98 Å². The predicted octanol–water partition coefficient (Wildman–Crippen LogP) is 2.63. The number of hydrogen-bond donors (Lipinski definition) is 0. The molecule has 0 saturated heterocycles. The summed E-state index contributed by atoms with van der Waals surface area (Å²) in [5.74, 6) is -0.348. The standard InChI is InChI=1S/C16H12ClN3O2/c1-10-14(16(22)20-9-5-4-8-13(20)18-10)19-15(21)11-6-2-3-7-12(11)17/h2-10H,1H3.